The number of nitrogens with zero attached hydrogens (tertiary/aromatic N) is 3. The van der Waals surface area contributed by atoms with E-state index in [9.17, 15) is 0 Å². The second kappa shape index (κ2) is 7.27. The minimum atomic E-state index is 0.370. The van der Waals surface area contributed by atoms with Gasteiger partial charge in [0.2, 0.25) is 0 Å². The Kier molecular flexibility index (Phi) is 4.67. The van der Waals surface area contributed by atoms with Gasteiger partial charge in [0.05, 0.1) is 6.61 Å². The van der Waals surface area contributed by atoms with E-state index in [1.54, 1.807) is 0 Å². The summed E-state index contributed by atoms with van der Waals surface area (Å²) in [4.78, 5) is 11.6. The van der Waals surface area contributed by atoms with Crippen molar-refractivity contribution in [2.24, 2.45) is 0 Å². The van der Waals surface area contributed by atoms with E-state index in [0.717, 1.165) is 35.3 Å². The summed E-state index contributed by atoms with van der Waals surface area (Å²) in [6.07, 6.45) is 1.03. The van der Waals surface area contributed by atoms with Crippen molar-refractivity contribution in [1.29, 1.82) is 0 Å². The SMILES string of the molecule is CCOc1ccc(Nc2cc(N3c4ccccc4CC3C)nc(C)n2)cc1. The van der Waals surface area contributed by atoms with Crippen molar-refractivity contribution in [2.45, 2.75) is 33.2 Å². The van der Waals surface area contributed by atoms with Gasteiger partial charge in [-0.15, -0.1) is 0 Å². The first kappa shape index (κ1) is 17.3. The van der Waals surface area contributed by atoms with Crippen LogP contribution >= 0.6 is 0 Å². The average Bonchev–Trinajstić information content (AvgIpc) is 2.99. The number of aromatic nitrogens is 2. The highest BCUT2D eigenvalue weighted by Gasteiger charge is 2.28. The third-order valence-corrected chi connectivity index (χ3v) is 4.72. The molecule has 0 fully saturated rings. The van der Waals surface area contributed by atoms with E-state index in [1.807, 2.05) is 44.2 Å². The van der Waals surface area contributed by atoms with Crippen molar-refractivity contribution in [3.63, 3.8) is 0 Å². The molecule has 1 N–H and O–H groups in total. The Labute approximate surface area is 160 Å². The van der Waals surface area contributed by atoms with Crippen LogP contribution < -0.4 is 15.0 Å². The van der Waals surface area contributed by atoms with Crippen molar-refractivity contribution < 1.29 is 4.74 Å². The Hall–Kier alpha value is -3.08. The lowest BCUT2D eigenvalue weighted by molar-refractivity contribution is 0.340. The topological polar surface area (TPSA) is 50.3 Å². The van der Waals surface area contributed by atoms with E-state index in [1.165, 1.54) is 11.3 Å². The molecule has 1 aliphatic heterocycles. The lowest BCUT2D eigenvalue weighted by Gasteiger charge is -2.24. The molecule has 138 valence electrons. The van der Waals surface area contributed by atoms with Crippen LogP contribution in [-0.4, -0.2) is 22.6 Å². The molecule has 0 radical (unpaired) electrons. The van der Waals surface area contributed by atoms with Gasteiger partial charge in [-0.25, -0.2) is 9.97 Å². The fraction of sp³-hybridized carbons (Fsp3) is 0.273. The number of benzene rings is 2. The van der Waals surface area contributed by atoms with Gasteiger partial charge in [0.1, 0.15) is 23.2 Å². The van der Waals surface area contributed by atoms with Crippen LogP contribution in [0.2, 0.25) is 0 Å². The van der Waals surface area contributed by atoms with Crippen molar-refractivity contribution >= 4 is 23.0 Å². The summed E-state index contributed by atoms with van der Waals surface area (Å²) in [7, 11) is 0. The highest BCUT2D eigenvalue weighted by Crippen LogP contribution is 2.37. The van der Waals surface area contributed by atoms with Crippen molar-refractivity contribution in [2.75, 3.05) is 16.8 Å². The van der Waals surface area contributed by atoms with E-state index >= 15 is 0 Å². The Morgan fingerprint density at radius 3 is 2.67 bits per heavy atom. The quantitative estimate of drug-likeness (QED) is 0.693. The van der Waals surface area contributed by atoms with Gasteiger partial charge in [0.15, 0.2) is 0 Å². The summed E-state index contributed by atoms with van der Waals surface area (Å²) >= 11 is 0. The molecule has 3 aromatic rings. The first-order chi connectivity index (χ1) is 13.1. The maximum atomic E-state index is 5.50. The van der Waals surface area contributed by atoms with Crippen LogP contribution in [-0.2, 0) is 6.42 Å². The lowest BCUT2D eigenvalue weighted by Crippen LogP contribution is -2.25. The van der Waals surface area contributed by atoms with Crippen LogP contribution in [0.3, 0.4) is 0 Å². The molecule has 2 aromatic carbocycles. The van der Waals surface area contributed by atoms with Gasteiger partial charge in [-0.3, -0.25) is 0 Å². The number of anilines is 4. The van der Waals surface area contributed by atoms with Crippen molar-refractivity contribution in [1.82, 2.24) is 9.97 Å². The molecule has 0 saturated carbocycles. The minimum Gasteiger partial charge on any atom is -0.494 e. The largest absolute Gasteiger partial charge is 0.494 e. The highest BCUT2D eigenvalue weighted by atomic mass is 16.5. The Balaban J connectivity index is 1.62. The van der Waals surface area contributed by atoms with Crippen LogP contribution in [0.1, 0.15) is 25.2 Å². The molecule has 5 nitrogen and oxygen atoms in total. The van der Waals surface area contributed by atoms with Gasteiger partial charge in [-0.05, 0) is 63.1 Å². The van der Waals surface area contributed by atoms with Gasteiger partial charge in [-0.2, -0.15) is 0 Å². The number of aryl methyl sites for hydroxylation is 1. The summed E-state index contributed by atoms with van der Waals surface area (Å²) < 4.78 is 5.50. The fourth-order valence-electron chi connectivity index (χ4n) is 3.60. The van der Waals surface area contributed by atoms with E-state index in [2.05, 4.69) is 46.4 Å². The van der Waals surface area contributed by atoms with Crippen molar-refractivity contribution in [3.8, 4) is 5.75 Å². The molecule has 1 aromatic heterocycles. The molecule has 0 spiro atoms. The fourth-order valence-corrected chi connectivity index (χ4v) is 3.60. The van der Waals surface area contributed by atoms with E-state index < -0.39 is 0 Å². The maximum Gasteiger partial charge on any atom is 0.139 e. The number of nitrogens with one attached hydrogen (secondary N) is 1. The van der Waals surface area contributed by atoms with Crippen LogP contribution in [0, 0.1) is 6.92 Å². The molecule has 0 aliphatic carbocycles. The minimum absolute atomic E-state index is 0.370. The molecule has 0 amide bonds. The summed E-state index contributed by atoms with van der Waals surface area (Å²) in [6.45, 7) is 6.81. The molecule has 0 saturated heterocycles. The predicted molar refractivity (Wildman–Crippen MR) is 109 cm³/mol. The van der Waals surface area contributed by atoms with Gasteiger partial charge >= 0.3 is 0 Å². The Morgan fingerprint density at radius 1 is 1.11 bits per heavy atom. The monoisotopic (exact) mass is 360 g/mol. The molecular weight excluding hydrogens is 336 g/mol. The number of para-hydroxylation sites is 1. The maximum absolute atomic E-state index is 5.50. The summed E-state index contributed by atoms with van der Waals surface area (Å²) in [5, 5.41) is 3.38. The molecule has 1 unspecified atom stereocenters. The summed E-state index contributed by atoms with van der Waals surface area (Å²) in [6, 6.07) is 18.8. The molecule has 4 rings (SSSR count). The van der Waals surface area contributed by atoms with Crippen LogP contribution in [0.25, 0.3) is 0 Å². The zero-order valence-corrected chi connectivity index (χ0v) is 15.9. The van der Waals surface area contributed by atoms with Crippen molar-refractivity contribution in [3.05, 3.63) is 66.0 Å². The van der Waals surface area contributed by atoms with Gasteiger partial charge in [-0.1, -0.05) is 18.2 Å². The normalized spacial score (nSPS) is 15.5. The predicted octanol–water partition coefficient (Wildman–Crippen LogP) is 5.01. The zero-order chi connectivity index (χ0) is 18.8. The van der Waals surface area contributed by atoms with Crippen LogP contribution in [0.4, 0.5) is 23.0 Å². The standard InChI is InChI=1S/C22H24N4O/c1-4-27-19-11-9-18(10-12-19)25-21-14-22(24-16(3)23-21)26-15(2)13-17-7-5-6-8-20(17)26/h5-12,14-15H,4,13H2,1-3H3,(H,23,24,25). The second-order valence-electron chi connectivity index (χ2n) is 6.79. The lowest BCUT2D eigenvalue weighted by atomic mass is 10.1. The smallest absolute Gasteiger partial charge is 0.139 e. The van der Waals surface area contributed by atoms with Gasteiger partial charge in [0.25, 0.3) is 0 Å². The molecule has 2 heterocycles. The third kappa shape index (κ3) is 3.58. The highest BCUT2D eigenvalue weighted by molar-refractivity contribution is 5.71. The van der Waals surface area contributed by atoms with Gasteiger partial charge < -0.3 is 15.0 Å². The molecule has 5 heteroatoms. The molecule has 0 bridgehead atoms. The zero-order valence-electron chi connectivity index (χ0n) is 15.9. The van der Waals surface area contributed by atoms with Crippen LogP contribution in [0.15, 0.2) is 54.6 Å². The first-order valence-electron chi connectivity index (χ1n) is 9.36. The van der Waals surface area contributed by atoms with Crippen LogP contribution in [0.5, 0.6) is 5.75 Å². The number of hydrogen-bond acceptors (Lipinski definition) is 5. The van der Waals surface area contributed by atoms with Gasteiger partial charge in [0, 0.05) is 23.5 Å². The van der Waals surface area contributed by atoms with E-state index in [0.29, 0.717) is 12.6 Å². The van der Waals surface area contributed by atoms with E-state index in [4.69, 9.17) is 9.72 Å². The number of fused-ring (bicyclic) bond motifs is 1. The number of hydrogen-bond donors (Lipinski definition) is 1. The Morgan fingerprint density at radius 2 is 1.89 bits per heavy atom. The molecule has 27 heavy (non-hydrogen) atoms. The summed E-state index contributed by atoms with van der Waals surface area (Å²) in [5.41, 5.74) is 3.56. The number of rotatable bonds is 5. The molecular formula is C22H24N4O. The molecule has 1 aliphatic rings. The summed E-state index contributed by atoms with van der Waals surface area (Å²) in [5.74, 6) is 3.33. The van der Waals surface area contributed by atoms with E-state index in [-0.39, 0.29) is 0 Å². The molecule has 1 atom stereocenters. The average molecular weight is 360 g/mol. The second-order valence-corrected chi connectivity index (χ2v) is 6.79. The number of ether oxygens (including phenoxy) is 1. The third-order valence-electron chi connectivity index (χ3n) is 4.72. The Bertz CT molecular complexity index is 939. The first-order valence-corrected chi connectivity index (χ1v) is 9.36.